The van der Waals surface area contributed by atoms with Gasteiger partial charge in [0.2, 0.25) is 0 Å². The fourth-order valence-corrected chi connectivity index (χ4v) is 3.03. The van der Waals surface area contributed by atoms with Crippen molar-refractivity contribution in [3.8, 4) is 11.5 Å². The molecule has 0 amide bonds. The first-order valence-electron chi connectivity index (χ1n) is 12.9. The van der Waals surface area contributed by atoms with Gasteiger partial charge in [-0.1, -0.05) is 64.8 Å². The SMILES string of the molecule is CCC(C)[O-].CCC(C)[O-].Cc1cc([O-])c(CN(C)CCN(C)Cc2cc(C)c(C)cc2[O-])cc1C.[Ti+4]. The van der Waals surface area contributed by atoms with E-state index in [4.69, 9.17) is 0 Å². The maximum absolute atomic E-state index is 12.1. The van der Waals surface area contributed by atoms with Crippen molar-refractivity contribution < 1.29 is 42.1 Å². The Morgan fingerprint density at radius 1 is 0.622 bits per heavy atom. The number of likely N-dealkylation sites (N-methyl/N-ethyl adjacent to an activating group) is 2. The van der Waals surface area contributed by atoms with Crippen LogP contribution in [0.4, 0.5) is 0 Å². The van der Waals surface area contributed by atoms with Crippen LogP contribution in [0, 0.1) is 27.7 Å². The summed E-state index contributed by atoms with van der Waals surface area (Å²) in [6, 6.07) is 7.44. The smallest absolute Gasteiger partial charge is 0.872 e. The van der Waals surface area contributed by atoms with Crippen LogP contribution in [0.3, 0.4) is 0 Å². The fraction of sp³-hybridized carbons (Fsp3) is 0.600. The van der Waals surface area contributed by atoms with E-state index in [1.165, 1.54) is 0 Å². The van der Waals surface area contributed by atoms with E-state index in [-0.39, 0.29) is 45.4 Å². The summed E-state index contributed by atoms with van der Waals surface area (Å²) in [5.74, 6) is 0.221. The van der Waals surface area contributed by atoms with E-state index in [9.17, 15) is 20.4 Å². The number of nitrogens with zero attached hydrogens (tertiary/aromatic N) is 2. The van der Waals surface area contributed by atoms with E-state index in [2.05, 4.69) is 9.80 Å². The third-order valence-corrected chi connectivity index (χ3v) is 6.25. The molecule has 0 aliphatic rings. The van der Waals surface area contributed by atoms with Gasteiger partial charge in [0, 0.05) is 26.2 Å². The summed E-state index contributed by atoms with van der Waals surface area (Å²) in [6.45, 7) is 18.1. The van der Waals surface area contributed by atoms with Gasteiger partial charge >= 0.3 is 21.7 Å². The van der Waals surface area contributed by atoms with Crippen LogP contribution in [-0.4, -0.2) is 49.2 Å². The van der Waals surface area contributed by atoms with Crippen molar-refractivity contribution in [1.82, 2.24) is 9.80 Å². The van der Waals surface area contributed by atoms with Crippen molar-refractivity contribution in [1.29, 1.82) is 0 Å². The Balaban J connectivity index is 0. The normalized spacial score (nSPS) is 12.2. The van der Waals surface area contributed by atoms with Gasteiger partial charge in [0.05, 0.1) is 0 Å². The van der Waals surface area contributed by atoms with Gasteiger partial charge in [-0.2, -0.15) is 0 Å². The zero-order valence-electron chi connectivity index (χ0n) is 24.7. The van der Waals surface area contributed by atoms with Gasteiger partial charge in [-0.25, -0.2) is 0 Å². The van der Waals surface area contributed by atoms with Crippen LogP contribution in [-0.2, 0) is 34.8 Å². The van der Waals surface area contributed by atoms with Crippen molar-refractivity contribution >= 4 is 0 Å². The van der Waals surface area contributed by atoms with Crippen LogP contribution in [0.15, 0.2) is 24.3 Å². The molecule has 37 heavy (non-hydrogen) atoms. The second kappa shape index (κ2) is 19.6. The molecule has 7 heteroatoms. The van der Waals surface area contributed by atoms with Gasteiger partial charge in [-0.15, -0.1) is 23.7 Å². The molecule has 2 atom stereocenters. The van der Waals surface area contributed by atoms with E-state index in [0.29, 0.717) is 13.1 Å². The first-order valence-corrected chi connectivity index (χ1v) is 12.9. The second-order valence-corrected chi connectivity index (χ2v) is 10.0. The molecular weight excluding hydrogens is 500 g/mol. The molecular formula is C30H48N2O4Ti. The molecule has 0 saturated heterocycles. The molecule has 0 fully saturated rings. The Morgan fingerprint density at radius 3 is 1.11 bits per heavy atom. The number of benzene rings is 2. The third kappa shape index (κ3) is 16.2. The predicted octanol–water partition coefficient (Wildman–Crippen LogP) is 2.92. The summed E-state index contributed by atoms with van der Waals surface area (Å²) < 4.78 is 0. The van der Waals surface area contributed by atoms with E-state index < -0.39 is 0 Å². The zero-order chi connectivity index (χ0) is 28.0. The maximum Gasteiger partial charge on any atom is 4.00 e. The summed E-state index contributed by atoms with van der Waals surface area (Å²) >= 11 is 0. The number of rotatable bonds is 9. The Morgan fingerprint density at radius 2 is 0.865 bits per heavy atom. The number of hydrogen-bond acceptors (Lipinski definition) is 6. The summed E-state index contributed by atoms with van der Waals surface area (Å²) in [6.07, 6.45) is 0.769. The number of aryl methyl sites for hydroxylation is 4. The molecule has 0 bridgehead atoms. The van der Waals surface area contributed by atoms with Crippen molar-refractivity contribution in [3.05, 3.63) is 57.6 Å². The molecule has 2 unspecified atom stereocenters. The van der Waals surface area contributed by atoms with Crippen LogP contribution in [0.1, 0.15) is 73.9 Å². The summed E-state index contributed by atoms with van der Waals surface area (Å²) in [4.78, 5) is 4.31. The largest absolute Gasteiger partial charge is 4.00 e. The molecule has 0 saturated carbocycles. The van der Waals surface area contributed by atoms with E-state index in [1.54, 1.807) is 26.0 Å². The summed E-state index contributed by atoms with van der Waals surface area (Å²) in [7, 11) is 4.05. The minimum Gasteiger partial charge on any atom is -0.872 e. The molecule has 0 spiro atoms. The second-order valence-electron chi connectivity index (χ2n) is 10.0. The Hall–Kier alpha value is -1.41. The molecule has 2 aromatic rings. The fourth-order valence-electron chi connectivity index (χ4n) is 3.03. The molecule has 6 nitrogen and oxygen atoms in total. The molecule has 0 N–H and O–H groups in total. The maximum atomic E-state index is 12.1. The molecule has 2 aromatic carbocycles. The van der Waals surface area contributed by atoms with Gasteiger partial charge in [0.1, 0.15) is 0 Å². The van der Waals surface area contributed by atoms with Gasteiger partial charge in [-0.3, -0.25) is 0 Å². The van der Waals surface area contributed by atoms with Crippen LogP contribution >= 0.6 is 0 Å². The first kappa shape index (κ1) is 37.7. The minimum atomic E-state index is -0.366. The van der Waals surface area contributed by atoms with Crippen LogP contribution < -0.4 is 20.4 Å². The average Bonchev–Trinajstić information content (AvgIpc) is 2.80. The predicted molar refractivity (Wildman–Crippen MR) is 143 cm³/mol. The number of hydrogen-bond donors (Lipinski definition) is 0. The average molecular weight is 549 g/mol. The minimum absolute atomic E-state index is 0. The van der Waals surface area contributed by atoms with Crippen molar-refractivity contribution in [3.63, 3.8) is 0 Å². The molecule has 0 aliphatic carbocycles. The van der Waals surface area contributed by atoms with Crippen LogP contribution in [0.2, 0.25) is 0 Å². The molecule has 0 heterocycles. The van der Waals surface area contributed by atoms with Gasteiger partial charge < -0.3 is 30.2 Å². The Labute approximate surface area is 241 Å². The van der Waals surface area contributed by atoms with Crippen molar-refractivity contribution in [2.75, 3.05) is 27.2 Å². The summed E-state index contributed by atoms with van der Waals surface area (Å²) in [5, 5.41) is 44.1. The van der Waals surface area contributed by atoms with E-state index in [0.717, 1.165) is 59.3 Å². The summed E-state index contributed by atoms with van der Waals surface area (Å²) in [5.41, 5.74) is 6.08. The zero-order valence-corrected chi connectivity index (χ0v) is 26.3. The molecule has 0 aromatic heterocycles. The monoisotopic (exact) mass is 548 g/mol. The molecule has 206 valence electrons. The van der Waals surface area contributed by atoms with Crippen molar-refractivity contribution in [2.45, 2.75) is 93.5 Å². The third-order valence-electron chi connectivity index (χ3n) is 6.25. The van der Waals surface area contributed by atoms with Crippen LogP contribution in [0.5, 0.6) is 11.5 Å². The van der Waals surface area contributed by atoms with E-state index in [1.807, 2.05) is 67.8 Å². The topological polar surface area (TPSA) is 98.7 Å². The van der Waals surface area contributed by atoms with Gasteiger partial charge in [0.25, 0.3) is 0 Å². The quantitative estimate of drug-likeness (QED) is 0.447. The first-order chi connectivity index (χ1) is 16.7. The van der Waals surface area contributed by atoms with Gasteiger partial charge in [0.15, 0.2) is 0 Å². The van der Waals surface area contributed by atoms with Crippen molar-refractivity contribution in [2.24, 2.45) is 0 Å². The van der Waals surface area contributed by atoms with Crippen LogP contribution in [0.25, 0.3) is 0 Å². The molecule has 0 radical (unpaired) electrons. The Bertz CT molecular complexity index is 830. The molecule has 2 rings (SSSR count). The van der Waals surface area contributed by atoms with Gasteiger partial charge in [-0.05, 0) is 75.2 Å². The molecule has 0 aliphatic heterocycles. The Kier molecular flexibility index (Phi) is 20.0. The van der Waals surface area contributed by atoms with E-state index >= 15 is 0 Å². The standard InChI is InChI=1S/C22H32N2O2.2C4H9O.Ti/c1-15-9-19(21(25)11-17(15)3)13-23(5)7-8-24(6)14-20-10-16(2)18(4)12-22(20)26;2*1-3-4(2)5;/h9-12,25-26H,7-8,13-14H2,1-6H3;2*4H,3H2,1-2H3;/q;2*-1;+4/p-2.